The van der Waals surface area contributed by atoms with E-state index in [4.69, 9.17) is 27.9 Å². The van der Waals surface area contributed by atoms with Gasteiger partial charge >= 0.3 is 0 Å². The Labute approximate surface area is 180 Å². The van der Waals surface area contributed by atoms with Crippen molar-refractivity contribution in [3.8, 4) is 5.75 Å². The molecule has 9 heteroatoms. The molecule has 1 aliphatic rings. The Morgan fingerprint density at radius 3 is 2.62 bits per heavy atom. The summed E-state index contributed by atoms with van der Waals surface area (Å²) in [6.07, 6.45) is 1.95. The van der Waals surface area contributed by atoms with Crippen molar-refractivity contribution >= 4 is 40.7 Å². The molecule has 1 aliphatic heterocycles. The molecule has 2 heterocycles. The van der Waals surface area contributed by atoms with E-state index in [9.17, 15) is 4.79 Å². The molecule has 1 fully saturated rings. The van der Waals surface area contributed by atoms with Crippen LogP contribution in [0.3, 0.4) is 0 Å². The lowest BCUT2D eigenvalue weighted by molar-refractivity contribution is -0.114. The lowest BCUT2D eigenvalue weighted by Crippen LogP contribution is -2.38. The number of rotatable bonds is 7. The standard InChI is InChI=1S/C20H25Cl2N5O2/c1-3-29-17-10-14(4-5-16(17)21)12-27-8-6-15(7-9-27)24-19-11-18(23-13(2)28)25-20(22)26-19/h4-5,10-11,15H,3,6-9,12H2,1-2H3,(H2,23,24,25,26,28). The smallest absolute Gasteiger partial charge is 0.226 e. The molecular weight excluding hydrogens is 413 g/mol. The molecule has 0 atom stereocenters. The lowest BCUT2D eigenvalue weighted by Gasteiger charge is -2.32. The van der Waals surface area contributed by atoms with Gasteiger partial charge in [0, 0.05) is 38.7 Å². The summed E-state index contributed by atoms with van der Waals surface area (Å²) in [6, 6.07) is 7.93. The number of halogens is 2. The first kappa shape index (κ1) is 21.6. The maximum absolute atomic E-state index is 11.2. The van der Waals surface area contributed by atoms with Crippen molar-refractivity contribution in [3.05, 3.63) is 40.1 Å². The highest BCUT2D eigenvalue weighted by Gasteiger charge is 2.20. The maximum atomic E-state index is 11.2. The van der Waals surface area contributed by atoms with Crippen LogP contribution in [0.4, 0.5) is 11.6 Å². The van der Waals surface area contributed by atoms with Crippen molar-refractivity contribution in [2.45, 2.75) is 39.3 Å². The Kier molecular flexibility index (Phi) is 7.52. The van der Waals surface area contributed by atoms with Gasteiger partial charge in [0.25, 0.3) is 0 Å². The van der Waals surface area contributed by atoms with Gasteiger partial charge in [0.1, 0.15) is 17.4 Å². The molecule has 29 heavy (non-hydrogen) atoms. The molecule has 7 nitrogen and oxygen atoms in total. The number of anilines is 2. The molecule has 3 rings (SSSR count). The second-order valence-corrected chi connectivity index (χ2v) is 7.73. The summed E-state index contributed by atoms with van der Waals surface area (Å²) in [5.74, 6) is 1.55. The van der Waals surface area contributed by atoms with Crippen LogP contribution in [0, 0.1) is 0 Å². The number of hydrogen-bond donors (Lipinski definition) is 2. The van der Waals surface area contributed by atoms with Crippen LogP contribution in [0.2, 0.25) is 10.3 Å². The highest BCUT2D eigenvalue weighted by molar-refractivity contribution is 6.32. The Morgan fingerprint density at radius 1 is 1.21 bits per heavy atom. The number of carbonyl (C=O) groups is 1. The molecule has 0 unspecified atom stereocenters. The van der Waals surface area contributed by atoms with Gasteiger partial charge in [0.05, 0.1) is 11.6 Å². The van der Waals surface area contributed by atoms with Crippen LogP contribution in [0.1, 0.15) is 32.3 Å². The number of carbonyl (C=O) groups excluding carboxylic acids is 1. The number of benzene rings is 1. The molecule has 2 N–H and O–H groups in total. The van der Waals surface area contributed by atoms with E-state index in [1.54, 1.807) is 6.07 Å². The summed E-state index contributed by atoms with van der Waals surface area (Å²) in [6.45, 7) is 6.75. The van der Waals surface area contributed by atoms with Crippen molar-refractivity contribution in [2.24, 2.45) is 0 Å². The summed E-state index contributed by atoms with van der Waals surface area (Å²) in [5.41, 5.74) is 1.19. The molecule has 1 aromatic carbocycles. The molecule has 1 saturated heterocycles. The van der Waals surface area contributed by atoms with Crippen LogP contribution in [-0.4, -0.2) is 46.5 Å². The van der Waals surface area contributed by atoms with E-state index in [1.807, 2.05) is 25.1 Å². The fourth-order valence-corrected chi connectivity index (χ4v) is 3.71. The van der Waals surface area contributed by atoms with E-state index in [2.05, 4.69) is 25.5 Å². The van der Waals surface area contributed by atoms with E-state index < -0.39 is 0 Å². The van der Waals surface area contributed by atoms with Gasteiger partial charge in [-0.1, -0.05) is 17.7 Å². The minimum atomic E-state index is -0.200. The molecule has 0 bridgehead atoms. The molecule has 0 radical (unpaired) electrons. The van der Waals surface area contributed by atoms with Crippen LogP contribution in [0.15, 0.2) is 24.3 Å². The molecule has 156 valence electrons. The minimum absolute atomic E-state index is 0.101. The highest BCUT2D eigenvalue weighted by Crippen LogP contribution is 2.27. The Bertz CT molecular complexity index is 857. The Balaban J connectivity index is 1.54. The van der Waals surface area contributed by atoms with Crippen LogP contribution in [-0.2, 0) is 11.3 Å². The third-order valence-electron chi connectivity index (χ3n) is 4.64. The molecule has 0 aliphatic carbocycles. The van der Waals surface area contributed by atoms with E-state index in [-0.39, 0.29) is 17.2 Å². The number of hydrogen-bond acceptors (Lipinski definition) is 6. The van der Waals surface area contributed by atoms with Gasteiger partial charge in [-0.05, 0) is 49.1 Å². The van der Waals surface area contributed by atoms with E-state index >= 15 is 0 Å². The third kappa shape index (κ3) is 6.45. The van der Waals surface area contributed by atoms with Crippen LogP contribution >= 0.6 is 23.2 Å². The zero-order valence-electron chi connectivity index (χ0n) is 16.5. The first-order chi connectivity index (χ1) is 13.9. The summed E-state index contributed by atoms with van der Waals surface area (Å²) < 4.78 is 5.58. The number of likely N-dealkylation sites (tertiary alicyclic amines) is 1. The fourth-order valence-electron chi connectivity index (χ4n) is 3.35. The van der Waals surface area contributed by atoms with Crippen molar-refractivity contribution in [1.29, 1.82) is 0 Å². The maximum Gasteiger partial charge on any atom is 0.226 e. The van der Waals surface area contributed by atoms with Crippen molar-refractivity contribution in [1.82, 2.24) is 14.9 Å². The van der Waals surface area contributed by atoms with Crippen molar-refractivity contribution in [2.75, 3.05) is 30.3 Å². The third-order valence-corrected chi connectivity index (χ3v) is 5.13. The van der Waals surface area contributed by atoms with Crippen LogP contribution in [0.25, 0.3) is 0 Å². The van der Waals surface area contributed by atoms with Gasteiger partial charge in [0.15, 0.2) is 0 Å². The monoisotopic (exact) mass is 437 g/mol. The largest absolute Gasteiger partial charge is 0.492 e. The number of piperidine rings is 1. The molecule has 0 saturated carbocycles. The second-order valence-electron chi connectivity index (χ2n) is 6.98. The minimum Gasteiger partial charge on any atom is -0.492 e. The predicted octanol–water partition coefficient (Wildman–Crippen LogP) is 4.22. The average Bonchev–Trinajstić information content (AvgIpc) is 2.65. The van der Waals surface area contributed by atoms with Gasteiger partial charge < -0.3 is 15.4 Å². The highest BCUT2D eigenvalue weighted by atomic mass is 35.5. The topological polar surface area (TPSA) is 79.4 Å². The Hall–Kier alpha value is -2.09. The molecule has 1 amide bonds. The summed E-state index contributed by atoms with van der Waals surface area (Å²) >= 11 is 12.1. The summed E-state index contributed by atoms with van der Waals surface area (Å²) in [7, 11) is 0. The SMILES string of the molecule is CCOc1cc(CN2CCC(Nc3cc(NC(C)=O)nc(Cl)n3)CC2)ccc1Cl. The Morgan fingerprint density at radius 2 is 1.93 bits per heavy atom. The number of aromatic nitrogens is 2. The number of nitrogens with zero attached hydrogens (tertiary/aromatic N) is 3. The van der Waals surface area contributed by atoms with E-state index in [0.717, 1.165) is 38.2 Å². The summed E-state index contributed by atoms with van der Waals surface area (Å²) in [4.78, 5) is 21.9. The lowest BCUT2D eigenvalue weighted by atomic mass is 10.0. The van der Waals surface area contributed by atoms with Crippen molar-refractivity contribution in [3.63, 3.8) is 0 Å². The van der Waals surface area contributed by atoms with Crippen LogP contribution < -0.4 is 15.4 Å². The summed E-state index contributed by atoms with van der Waals surface area (Å²) in [5, 5.41) is 6.78. The van der Waals surface area contributed by atoms with Gasteiger partial charge in [-0.25, -0.2) is 9.97 Å². The van der Waals surface area contributed by atoms with E-state index in [1.165, 1.54) is 12.5 Å². The number of nitrogens with one attached hydrogen (secondary N) is 2. The quantitative estimate of drug-likeness (QED) is 0.631. The predicted molar refractivity (Wildman–Crippen MR) is 116 cm³/mol. The average molecular weight is 438 g/mol. The molecule has 2 aromatic rings. The number of ether oxygens (including phenoxy) is 1. The molecular formula is C20H25Cl2N5O2. The zero-order chi connectivity index (χ0) is 20.8. The van der Waals surface area contributed by atoms with E-state index in [0.29, 0.717) is 23.3 Å². The normalized spacial score (nSPS) is 15.2. The van der Waals surface area contributed by atoms with Gasteiger partial charge in [-0.3, -0.25) is 9.69 Å². The van der Waals surface area contributed by atoms with Crippen molar-refractivity contribution < 1.29 is 9.53 Å². The molecule has 1 aromatic heterocycles. The fraction of sp³-hybridized carbons (Fsp3) is 0.450. The van der Waals surface area contributed by atoms with Gasteiger partial charge in [-0.2, -0.15) is 0 Å². The second kappa shape index (κ2) is 10.1. The van der Waals surface area contributed by atoms with Crippen LogP contribution in [0.5, 0.6) is 5.75 Å². The number of amides is 1. The van der Waals surface area contributed by atoms with Gasteiger partial charge in [-0.15, -0.1) is 0 Å². The van der Waals surface area contributed by atoms with Gasteiger partial charge in [0.2, 0.25) is 11.2 Å². The molecule has 0 spiro atoms. The zero-order valence-corrected chi connectivity index (χ0v) is 18.1. The first-order valence-corrected chi connectivity index (χ1v) is 10.4. The first-order valence-electron chi connectivity index (χ1n) is 9.65.